The first-order valence-electron chi connectivity index (χ1n) is 8.00. The van der Waals surface area contributed by atoms with Gasteiger partial charge in [0.2, 0.25) is 5.91 Å². The monoisotopic (exact) mass is 381 g/mol. The largest absolute Gasteiger partial charge is 0.497 e. The van der Waals surface area contributed by atoms with Crippen LogP contribution < -0.4 is 10.1 Å². The van der Waals surface area contributed by atoms with Crippen molar-refractivity contribution in [3.63, 3.8) is 0 Å². The van der Waals surface area contributed by atoms with Crippen LogP contribution in [0.3, 0.4) is 0 Å². The van der Waals surface area contributed by atoms with E-state index in [1.165, 1.54) is 19.2 Å². The summed E-state index contributed by atoms with van der Waals surface area (Å²) in [6.07, 6.45) is -4.60. The first-order valence-corrected chi connectivity index (χ1v) is 8.00. The Bertz CT molecular complexity index is 786. The number of rotatable bonds is 7. The highest BCUT2D eigenvalue weighted by atomic mass is 19.4. The highest BCUT2D eigenvalue weighted by Gasteiger charge is 2.30. The zero-order valence-corrected chi connectivity index (χ0v) is 14.4. The van der Waals surface area contributed by atoms with Gasteiger partial charge < -0.3 is 15.2 Å². The van der Waals surface area contributed by atoms with Crippen molar-refractivity contribution in [2.75, 3.05) is 7.11 Å². The van der Waals surface area contributed by atoms with Crippen LogP contribution in [-0.2, 0) is 28.6 Å². The fraction of sp³-hybridized carbons (Fsp3) is 0.263. The van der Waals surface area contributed by atoms with E-state index < -0.39 is 29.7 Å². The molecule has 0 aliphatic heterocycles. The number of methoxy groups -OCH3 is 1. The molecule has 0 unspecified atom stereocenters. The van der Waals surface area contributed by atoms with Crippen molar-refractivity contribution in [1.29, 1.82) is 0 Å². The Morgan fingerprint density at radius 3 is 2.07 bits per heavy atom. The van der Waals surface area contributed by atoms with Crippen LogP contribution in [-0.4, -0.2) is 30.1 Å². The van der Waals surface area contributed by atoms with Crippen LogP contribution in [0.15, 0.2) is 48.5 Å². The zero-order valence-electron chi connectivity index (χ0n) is 14.4. The lowest BCUT2D eigenvalue weighted by Crippen LogP contribution is -2.43. The molecule has 0 bridgehead atoms. The number of halogens is 3. The van der Waals surface area contributed by atoms with Gasteiger partial charge in [-0.1, -0.05) is 24.3 Å². The number of carbonyl (C=O) groups is 2. The van der Waals surface area contributed by atoms with E-state index >= 15 is 0 Å². The molecule has 1 atom stereocenters. The maximum absolute atomic E-state index is 12.5. The van der Waals surface area contributed by atoms with E-state index in [2.05, 4.69) is 5.32 Å². The number of hydrogen-bond acceptors (Lipinski definition) is 3. The molecule has 2 N–H and O–H groups in total. The molecule has 8 heteroatoms. The van der Waals surface area contributed by atoms with E-state index in [9.17, 15) is 27.9 Å². The minimum Gasteiger partial charge on any atom is -0.497 e. The third-order valence-electron chi connectivity index (χ3n) is 3.88. The van der Waals surface area contributed by atoms with Gasteiger partial charge in [-0.2, -0.15) is 13.2 Å². The topological polar surface area (TPSA) is 75.6 Å². The summed E-state index contributed by atoms with van der Waals surface area (Å²) in [5.74, 6) is -1.17. The number of ether oxygens (including phenoxy) is 1. The highest BCUT2D eigenvalue weighted by Crippen LogP contribution is 2.29. The number of nitrogens with one attached hydrogen (secondary N) is 1. The summed E-state index contributed by atoms with van der Waals surface area (Å²) >= 11 is 0. The third kappa shape index (κ3) is 6.02. The summed E-state index contributed by atoms with van der Waals surface area (Å²) in [5, 5.41) is 11.7. The fourth-order valence-electron chi connectivity index (χ4n) is 2.44. The molecule has 0 aromatic heterocycles. The van der Waals surface area contributed by atoms with Crippen molar-refractivity contribution >= 4 is 11.9 Å². The lowest BCUT2D eigenvalue weighted by Gasteiger charge is -2.15. The molecule has 2 aromatic carbocycles. The Morgan fingerprint density at radius 2 is 1.59 bits per heavy atom. The van der Waals surface area contributed by atoms with Crippen molar-refractivity contribution in [2.45, 2.75) is 25.1 Å². The highest BCUT2D eigenvalue weighted by molar-refractivity contribution is 5.85. The Kier molecular flexibility index (Phi) is 6.44. The minimum absolute atomic E-state index is 0.0675. The quantitative estimate of drug-likeness (QED) is 0.773. The van der Waals surface area contributed by atoms with Gasteiger partial charge in [0, 0.05) is 6.42 Å². The van der Waals surface area contributed by atoms with Gasteiger partial charge in [0.1, 0.15) is 11.8 Å². The van der Waals surface area contributed by atoms with Crippen molar-refractivity contribution < 1.29 is 32.6 Å². The van der Waals surface area contributed by atoms with Gasteiger partial charge >= 0.3 is 12.1 Å². The van der Waals surface area contributed by atoms with Crippen molar-refractivity contribution in [2.24, 2.45) is 0 Å². The maximum atomic E-state index is 12.5. The average Bonchev–Trinajstić information content (AvgIpc) is 2.61. The third-order valence-corrected chi connectivity index (χ3v) is 3.88. The molecule has 0 saturated heterocycles. The van der Waals surface area contributed by atoms with Crippen LogP contribution in [0.4, 0.5) is 13.2 Å². The normalized spacial score (nSPS) is 12.3. The summed E-state index contributed by atoms with van der Waals surface area (Å²) < 4.78 is 42.7. The number of carbonyl (C=O) groups excluding carboxylic acids is 1. The standard InChI is InChI=1S/C19H18F3NO4/c1-27-15-8-4-12(5-9-15)10-16(18(25)26)23-17(24)11-13-2-6-14(7-3-13)19(20,21)22/h2-9,16H,10-11H2,1H3,(H,23,24)(H,25,26)/t16-/m0/s1. The summed E-state index contributed by atoms with van der Waals surface area (Å²) in [7, 11) is 1.51. The van der Waals surface area contributed by atoms with Crippen LogP contribution in [0.2, 0.25) is 0 Å². The van der Waals surface area contributed by atoms with Gasteiger partial charge in [-0.3, -0.25) is 4.79 Å². The second-order valence-electron chi connectivity index (χ2n) is 5.88. The number of benzene rings is 2. The summed E-state index contributed by atoms with van der Waals surface area (Å²) in [6, 6.07) is 9.75. The number of alkyl halides is 3. The molecule has 0 aliphatic carbocycles. The van der Waals surface area contributed by atoms with Crippen LogP contribution in [0.5, 0.6) is 5.75 Å². The second-order valence-corrected chi connectivity index (χ2v) is 5.88. The van der Waals surface area contributed by atoms with Crippen molar-refractivity contribution in [3.05, 3.63) is 65.2 Å². The average molecular weight is 381 g/mol. The molecule has 2 rings (SSSR count). The Hall–Kier alpha value is -3.03. The first-order chi connectivity index (χ1) is 12.7. The van der Waals surface area contributed by atoms with Gasteiger partial charge in [-0.05, 0) is 35.4 Å². The van der Waals surface area contributed by atoms with E-state index in [1.54, 1.807) is 24.3 Å². The van der Waals surface area contributed by atoms with Crippen LogP contribution >= 0.6 is 0 Å². The Labute approximate surface area is 153 Å². The molecule has 1 amide bonds. The predicted molar refractivity (Wildman–Crippen MR) is 91.4 cm³/mol. The second kappa shape index (κ2) is 8.57. The molecule has 0 fully saturated rings. The number of carboxylic acid groups (broad SMARTS) is 1. The van der Waals surface area contributed by atoms with E-state index in [-0.39, 0.29) is 12.8 Å². The van der Waals surface area contributed by atoms with Crippen molar-refractivity contribution in [1.82, 2.24) is 5.32 Å². The zero-order chi connectivity index (χ0) is 20.0. The molecule has 0 spiro atoms. The van der Waals surface area contributed by atoms with Gasteiger partial charge in [-0.15, -0.1) is 0 Å². The molecule has 0 heterocycles. The fourth-order valence-corrected chi connectivity index (χ4v) is 2.44. The summed E-state index contributed by atoms with van der Waals surface area (Å²) in [5.41, 5.74) is 0.238. The predicted octanol–water partition coefficient (Wildman–Crippen LogP) is 3.07. The number of aliphatic carboxylic acids is 1. The molecule has 5 nitrogen and oxygen atoms in total. The van der Waals surface area contributed by atoms with Crippen LogP contribution in [0.25, 0.3) is 0 Å². The molecule has 0 saturated carbocycles. The van der Waals surface area contributed by atoms with Gasteiger partial charge in [-0.25, -0.2) is 4.79 Å². The van der Waals surface area contributed by atoms with Gasteiger partial charge in [0.05, 0.1) is 19.1 Å². The van der Waals surface area contributed by atoms with E-state index in [1.807, 2.05) is 0 Å². The molecule has 2 aromatic rings. The molecule has 27 heavy (non-hydrogen) atoms. The van der Waals surface area contributed by atoms with E-state index in [4.69, 9.17) is 4.74 Å². The minimum atomic E-state index is -4.45. The molecule has 0 radical (unpaired) electrons. The molecule has 0 aliphatic rings. The first kappa shape index (κ1) is 20.3. The molecular weight excluding hydrogens is 363 g/mol. The smallest absolute Gasteiger partial charge is 0.416 e. The SMILES string of the molecule is COc1ccc(C[C@H](NC(=O)Cc2ccc(C(F)(F)F)cc2)C(=O)O)cc1. The van der Waals surface area contributed by atoms with E-state index in [0.717, 1.165) is 12.1 Å². The summed E-state index contributed by atoms with van der Waals surface area (Å²) in [6.45, 7) is 0. The lowest BCUT2D eigenvalue weighted by molar-refractivity contribution is -0.141. The molecule has 144 valence electrons. The van der Waals surface area contributed by atoms with Gasteiger partial charge in [0.25, 0.3) is 0 Å². The van der Waals surface area contributed by atoms with Crippen LogP contribution in [0, 0.1) is 0 Å². The number of amides is 1. The lowest BCUT2D eigenvalue weighted by atomic mass is 10.0. The molecular formula is C19H18F3NO4. The Morgan fingerprint density at radius 1 is 1.04 bits per heavy atom. The maximum Gasteiger partial charge on any atom is 0.416 e. The number of hydrogen-bond donors (Lipinski definition) is 2. The van der Waals surface area contributed by atoms with Crippen LogP contribution in [0.1, 0.15) is 16.7 Å². The number of carboxylic acids is 1. The van der Waals surface area contributed by atoms with Crippen molar-refractivity contribution in [3.8, 4) is 5.75 Å². The van der Waals surface area contributed by atoms with E-state index in [0.29, 0.717) is 16.9 Å². The summed E-state index contributed by atoms with van der Waals surface area (Å²) in [4.78, 5) is 23.5. The van der Waals surface area contributed by atoms with Gasteiger partial charge in [0.15, 0.2) is 0 Å². The Balaban J connectivity index is 1.98.